The van der Waals surface area contributed by atoms with Crippen molar-refractivity contribution in [2.75, 3.05) is 0 Å². The molecule has 0 N–H and O–H groups in total. The number of Topliss-reactive ketones (excluding diaryl/α,β-unsaturated/α-hetero) is 2. The van der Waals surface area contributed by atoms with Gasteiger partial charge in [-0.05, 0) is 56.6 Å². The first-order chi connectivity index (χ1) is 7.93. The summed E-state index contributed by atoms with van der Waals surface area (Å²) in [6.07, 6.45) is 2.43. The van der Waals surface area contributed by atoms with E-state index in [0.29, 0.717) is 17.9 Å². The maximum absolute atomic E-state index is 12.5. The van der Waals surface area contributed by atoms with Crippen molar-refractivity contribution in [2.24, 2.45) is 11.8 Å². The van der Waals surface area contributed by atoms with Crippen LogP contribution in [0.25, 0.3) is 0 Å². The minimum absolute atomic E-state index is 0.141. The summed E-state index contributed by atoms with van der Waals surface area (Å²) in [6.45, 7) is 7.96. The Labute approximate surface area is 103 Å². The normalized spacial score (nSPS) is 29.5. The Hall–Kier alpha value is -1.18. The van der Waals surface area contributed by atoms with Crippen molar-refractivity contribution in [3.8, 4) is 0 Å². The molecule has 0 aromatic heterocycles. The second-order valence-electron chi connectivity index (χ2n) is 5.60. The largest absolute Gasteiger partial charge is 0.295 e. The minimum Gasteiger partial charge on any atom is -0.295 e. The molecule has 17 heavy (non-hydrogen) atoms. The van der Waals surface area contributed by atoms with E-state index in [1.165, 1.54) is 0 Å². The first kappa shape index (κ1) is 12.3. The maximum atomic E-state index is 12.5. The molecule has 2 aliphatic carbocycles. The fraction of sp³-hybridized carbons (Fsp3) is 0.600. The summed E-state index contributed by atoms with van der Waals surface area (Å²) in [4.78, 5) is 24.3. The van der Waals surface area contributed by atoms with E-state index in [0.717, 1.165) is 29.6 Å². The summed E-state index contributed by atoms with van der Waals surface area (Å²) >= 11 is 0. The molecule has 0 saturated heterocycles. The number of carbonyl (C=O) groups excluding carboxylic acids is 2. The minimum atomic E-state index is 0.141. The summed E-state index contributed by atoms with van der Waals surface area (Å²) < 4.78 is 0. The van der Waals surface area contributed by atoms with Gasteiger partial charge < -0.3 is 0 Å². The smallest absolute Gasteiger partial charge is 0.185 e. The topological polar surface area (TPSA) is 34.1 Å². The number of hydrogen-bond donors (Lipinski definition) is 0. The molecule has 0 aromatic rings. The number of fused-ring (bicyclic) bond motifs is 1. The molecule has 1 fully saturated rings. The number of allylic oxidation sites excluding steroid dienone is 4. The first-order valence-corrected chi connectivity index (χ1v) is 6.38. The molecule has 92 valence electrons. The third-order valence-electron chi connectivity index (χ3n) is 4.26. The third-order valence-corrected chi connectivity index (χ3v) is 4.26. The molecule has 0 bridgehead atoms. The molecule has 2 atom stereocenters. The lowest BCUT2D eigenvalue weighted by molar-refractivity contribution is -0.115. The van der Waals surface area contributed by atoms with Gasteiger partial charge in [0.05, 0.1) is 0 Å². The van der Waals surface area contributed by atoms with Gasteiger partial charge in [0.2, 0.25) is 0 Å². The Morgan fingerprint density at radius 3 is 2.47 bits per heavy atom. The average Bonchev–Trinajstić information content (AvgIpc) is 2.48. The van der Waals surface area contributed by atoms with Crippen molar-refractivity contribution in [3.63, 3.8) is 0 Å². The molecular weight excluding hydrogens is 212 g/mol. The maximum Gasteiger partial charge on any atom is 0.185 e. The molecule has 0 aromatic carbocycles. The van der Waals surface area contributed by atoms with E-state index in [2.05, 4.69) is 6.92 Å². The highest BCUT2D eigenvalue weighted by molar-refractivity contribution is 6.16. The summed E-state index contributed by atoms with van der Waals surface area (Å²) in [5.74, 6) is 0.918. The van der Waals surface area contributed by atoms with Crippen molar-refractivity contribution in [2.45, 2.75) is 47.0 Å². The lowest BCUT2D eigenvalue weighted by atomic mass is 9.86. The summed E-state index contributed by atoms with van der Waals surface area (Å²) in [6, 6.07) is 0. The van der Waals surface area contributed by atoms with Gasteiger partial charge in [-0.2, -0.15) is 0 Å². The second-order valence-corrected chi connectivity index (χ2v) is 5.60. The standard InChI is InChI=1S/C15H20O2/c1-8(2)11-6-5-9(3)12-7-13(16)10(4)14(12)15(11)17/h9,12H,5-7H2,1-4H3/t9-,12+/m0/s1. The molecule has 0 radical (unpaired) electrons. The van der Waals surface area contributed by atoms with Gasteiger partial charge in [0, 0.05) is 12.0 Å². The van der Waals surface area contributed by atoms with Crippen molar-refractivity contribution < 1.29 is 9.59 Å². The van der Waals surface area contributed by atoms with Gasteiger partial charge in [-0.1, -0.05) is 12.5 Å². The zero-order valence-corrected chi connectivity index (χ0v) is 11.1. The molecule has 0 unspecified atom stereocenters. The van der Waals surface area contributed by atoms with Crippen LogP contribution in [0.2, 0.25) is 0 Å². The van der Waals surface area contributed by atoms with Crippen molar-refractivity contribution in [3.05, 3.63) is 22.3 Å². The number of ketones is 2. The highest BCUT2D eigenvalue weighted by Crippen LogP contribution is 2.42. The van der Waals surface area contributed by atoms with Gasteiger partial charge in [-0.3, -0.25) is 9.59 Å². The molecule has 0 spiro atoms. The zero-order chi connectivity index (χ0) is 12.7. The van der Waals surface area contributed by atoms with E-state index in [1.807, 2.05) is 20.8 Å². The number of carbonyl (C=O) groups is 2. The highest BCUT2D eigenvalue weighted by atomic mass is 16.1. The number of hydrogen-bond acceptors (Lipinski definition) is 2. The summed E-state index contributed by atoms with van der Waals surface area (Å²) in [5.41, 5.74) is 3.56. The van der Waals surface area contributed by atoms with Crippen LogP contribution in [0, 0.1) is 11.8 Å². The molecule has 1 saturated carbocycles. The van der Waals surface area contributed by atoms with Crippen molar-refractivity contribution in [1.29, 1.82) is 0 Å². The van der Waals surface area contributed by atoms with Crippen LogP contribution >= 0.6 is 0 Å². The van der Waals surface area contributed by atoms with Crippen LogP contribution in [0.4, 0.5) is 0 Å². The Morgan fingerprint density at radius 2 is 1.88 bits per heavy atom. The summed E-state index contributed by atoms with van der Waals surface area (Å²) in [5, 5.41) is 0. The van der Waals surface area contributed by atoms with Crippen LogP contribution < -0.4 is 0 Å². The van der Waals surface area contributed by atoms with Gasteiger partial charge in [-0.25, -0.2) is 0 Å². The molecule has 2 rings (SSSR count). The van der Waals surface area contributed by atoms with Crippen LogP contribution in [0.1, 0.15) is 47.0 Å². The van der Waals surface area contributed by atoms with E-state index in [-0.39, 0.29) is 17.5 Å². The Morgan fingerprint density at radius 1 is 1.24 bits per heavy atom. The van der Waals surface area contributed by atoms with Gasteiger partial charge in [0.25, 0.3) is 0 Å². The molecule has 0 amide bonds. The third kappa shape index (κ3) is 1.90. The monoisotopic (exact) mass is 232 g/mol. The van der Waals surface area contributed by atoms with Gasteiger partial charge >= 0.3 is 0 Å². The van der Waals surface area contributed by atoms with Crippen molar-refractivity contribution >= 4 is 11.6 Å². The number of rotatable bonds is 0. The quantitative estimate of drug-likeness (QED) is 0.601. The summed E-state index contributed by atoms with van der Waals surface area (Å²) in [7, 11) is 0. The second kappa shape index (κ2) is 4.25. The van der Waals surface area contributed by atoms with Crippen LogP contribution in [0.5, 0.6) is 0 Å². The van der Waals surface area contributed by atoms with Crippen LogP contribution in [0.3, 0.4) is 0 Å². The fourth-order valence-electron chi connectivity index (χ4n) is 3.03. The molecule has 2 nitrogen and oxygen atoms in total. The first-order valence-electron chi connectivity index (χ1n) is 6.38. The average molecular weight is 232 g/mol. The van der Waals surface area contributed by atoms with Crippen molar-refractivity contribution in [1.82, 2.24) is 0 Å². The van der Waals surface area contributed by atoms with Gasteiger partial charge in [0.15, 0.2) is 11.6 Å². The lowest BCUT2D eigenvalue weighted by Crippen LogP contribution is -2.14. The molecule has 2 aliphatic rings. The fourth-order valence-corrected chi connectivity index (χ4v) is 3.03. The van der Waals surface area contributed by atoms with Gasteiger partial charge in [-0.15, -0.1) is 0 Å². The van der Waals surface area contributed by atoms with E-state index < -0.39 is 0 Å². The van der Waals surface area contributed by atoms with E-state index in [1.54, 1.807) is 0 Å². The lowest BCUT2D eigenvalue weighted by Gasteiger charge is -2.16. The van der Waals surface area contributed by atoms with Crippen LogP contribution in [-0.2, 0) is 9.59 Å². The van der Waals surface area contributed by atoms with Gasteiger partial charge in [0.1, 0.15) is 0 Å². The Kier molecular flexibility index (Phi) is 3.07. The highest BCUT2D eigenvalue weighted by Gasteiger charge is 2.39. The zero-order valence-electron chi connectivity index (χ0n) is 11.1. The predicted octanol–water partition coefficient (Wildman–Crippen LogP) is 3.23. The molecule has 0 heterocycles. The molecule has 2 heteroatoms. The van der Waals surface area contributed by atoms with Crippen LogP contribution in [-0.4, -0.2) is 11.6 Å². The van der Waals surface area contributed by atoms with Crippen LogP contribution in [0.15, 0.2) is 22.3 Å². The van der Waals surface area contributed by atoms with E-state index in [4.69, 9.17) is 0 Å². The van der Waals surface area contributed by atoms with E-state index >= 15 is 0 Å². The SMILES string of the molecule is CC(C)=C1CC[C@H](C)[C@H]2CC(=O)C(C)=C2C1=O. The Balaban J connectivity index is 2.54. The molecular formula is C15H20O2. The predicted molar refractivity (Wildman–Crippen MR) is 67.6 cm³/mol. The van der Waals surface area contributed by atoms with E-state index in [9.17, 15) is 9.59 Å². The Bertz CT molecular complexity index is 448. The molecule has 0 aliphatic heterocycles.